The summed E-state index contributed by atoms with van der Waals surface area (Å²) in [7, 11) is 0. The van der Waals surface area contributed by atoms with Crippen LogP contribution >= 0.6 is 0 Å². The van der Waals surface area contributed by atoms with E-state index in [4.69, 9.17) is 9.72 Å². The van der Waals surface area contributed by atoms with Gasteiger partial charge in [0.15, 0.2) is 0 Å². The fraction of sp³-hybridized carbons (Fsp3) is 0.423. The van der Waals surface area contributed by atoms with Crippen molar-refractivity contribution in [3.05, 3.63) is 56.6 Å². The molecule has 2 aromatic heterocycles. The molecule has 1 saturated heterocycles. The van der Waals surface area contributed by atoms with E-state index >= 15 is 0 Å². The summed E-state index contributed by atoms with van der Waals surface area (Å²) in [6.45, 7) is 2.13. The van der Waals surface area contributed by atoms with Crippen molar-refractivity contribution in [1.82, 2.24) is 24.6 Å². The van der Waals surface area contributed by atoms with Crippen LogP contribution in [0.1, 0.15) is 37.7 Å². The zero-order valence-corrected chi connectivity index (χ0v) is 19.8. The number of para-hydroxylation sites is 1. The molecule has 0 atom stereocenters. The molecule has 10 heteroatoms. The molecule has 1 fully saturated rings. The van der Waals surface area contributed by atoms with Gasteiger partial charge in [-0.1, -0.05) is 12.1 Å². The Morgan fingerprint density at radius 3 is 2.72 bits per heavy atom. The van der Waals surface area contributed by atoms with E-state index < -0.39 is 5.92 Å². The number of rotatable bonds is 2. The Hall–Kier alpha value is -3.53. The Balaban J connectivity index is 1.46. The topological polar surface area (TPSA) is 96.0 Å². The number of aromatic nitrogens is 4. The molecule has 8 nitrogen and oxygen atoms in total. The van der Waals surface area contributed by atoms with Gasteiger partial charge in [-0.05, 0) is 43.0 Å². The number of fused-ring (bicyclic) bond motifs is 3. The lowest BCUT2D eigenvalue weighted by Crippen LogP contribution is -2.38. The highest BCUT2D eigenvalue weighted by Crippen LogP contribution is 2.31. The monoisotopic (exact) mass is 495 g/mol. The first kappa shape index (κ1) is 22.9. The molecule has 2 aliphatic rings. The van der Waals surface area contributed by atoms with Crippen LogP contribution in [0.2, 0.25) is 0 Å². The van der Waals surface area contributed by atoms with Crippen molar-refractivity contribution >= 4 is 21.9 Å². The van der Waals surface area contributed by atoms with Crippen molar-refractivity contribution in [2.45, 2.75) is 51.1 Å². The van der Waals surface area contributed by atoms with Crippen LogP contribution in [0.4, 0.5) is 8.78 Å². The molecule has 2 aromatic carbocycles. The summed E-state index contributed by atoms with van der Waals surface area (Å²) in [5.74, 6) is -2.05. The van der Waals surface area contributed by atoms with Gasteiger partial charge in [0.05, 0.1) is 23.0 Å². The number of benzene rings is 2. The highest BCUT2D eigenvalue weighted by Gasteiger charge is 2.34. The summed E-state index contributed by atoms with van der Waals surface area (Å²) in [4.78, 5) is 35.7. The summed E-state index contributed by atoms with van der Waals surface area (Å²) in [6, 6.07) is 9.02. The van der Waals surface area contributed by atoms with Gasteiger partial charge in [-0.25, -0.2) is 13.8 Å². The molecular formula is C26H27F2N5O3. The maximum Gasteiger partial charge on any atom is 0.275 e. The number of alkyl halides is 2. The van der Waals surface area contributed by atoms with Crippen molar-refractivity contribution in [2.75, 3.05) is 19.7 Å². The van der Waals surface area contributed by atoms with Gasteiger partial charge in [0.2, 0.25) is 0 Å². The van der Waals surface area contributed by atoms with Crippen molar-refractivity contribution < 1.29 is 13.5 Å². The first-order valence-electron chi connectivity index (χ1n) is 12.4. The molecular weight excluding hydrogens is 468 g/mol. The average molecular weight is 496 g/mol. The van der Waals surface area contributed by atoms with Gasteiger partial charge in [-0.15, -0.1) is 0 Å². The Morgan fingerprint density at radius 2 is 1.89 bits per heavy atom. The summed E-state index contributed by atoms with van der Waals surface area (Å²) < 4.78 is 34.9. The molecule has 36 heavy (non-hydrogen) atoms. The third-order valence-electron chi connectivity index (χ3n) is 7.14. The molecule has 2 N–H and O–H groups in total. The fourth-order valence-corrected chi connectivity index (χ4v) is 5.17. The van der Waals surface area contributed by atoms with Gasteiger partial charge < -0.3 is 9.72 Å². The van der Waals surface area contributed by atoms with Crippen LogP contribution in [-0.4, -0.2) is 50.3 Å². The molecule has 0 aliphatic carbocycles. The molecule has 4 aromatic rings. The van der Waals surface area contributed by atoms with Crippen LogP contribution in [0.3, 0.4) is 0 Å². The number of aryl methyl sites for hydroxylation is 1. The molecule has 188 valence electrons. The van der Waals surface area contributed by atoms with E-state index in [1.165, 1.54) is 0 Å². The van der Waals surface area contributed by atoms with Gasteiger partial charge >= 0.3 is 0 Å². The van der Waals surface area contributed by atoms with E-state index in [1.807, 2.05) is 17.0 Å². The van der Waals surface area contributed by atoms with Crippen LogP contribution in [0, 0.1) is 0 Å². The first-order valence-corrected chi connectivity index (χ1v) is 12.4. The van der Waals surface area contributed by atoms with E-state index in [9.17, 15) is 18.4 Å². The molecule has 0 radical (unpaired) electrons. The second-order valence-corrected chi connectivity index (χ2v) is 9.74. The van der Waals surface area contributed by atoms with E-state index in [0.29, 0.717) is 66.0 Å². The fourth-order valence-electron chi connectivity index (χ4n) is 5.17. The van der Waals surface area contributed by atoms with Crippen molar-refractivity contribution in [1.29, 1.82) is 0 Å². The first-order chi connectivity index (χ1) is 17.4. The number of likely N-dealkylation sites (tertiary alicyclic amines) is 1. The minimum absolute atomic E-state index is 0.115. The lowest BCUT2D eigenvalue weighted by molar-refractivity contribution is -0.0566. The zero-order valence-electron chi connectivity index (χ0n) is 19.8. The Labute approximate surface area is 204 Å². The summed E-state index contributed by atoms with van der Waals surface area (Å²) in [5, 5.41) is 3.70. The highest BCUT2D eigenvalue weighted by atomic mass is 19.3. The highest BCUT2D eigenvalue weighted by molar-refractivity contribution is 5.93. The minimum Gasteiger partial charge on any atom is -0.491 e. The summed E-state index contributed by atoms with van der Waals surface area (Å²) in [5.41, 5.74) is 2.77. The minimum atomic E-state index is -2.60. The third-order valence-corrected chi connectivity index (χ3v) is 7.14. The number of piperidine rings is 1. The number of H-pyrrole nitrogens is 2. The lowest BCUT2D eigenvalue weighted by atomic mass is 10.1. The Kier molecular flexibility index (Phi) is 5.63. The molecule has 0 saturated carbocycles. The van der Waals surface area contributed by atoms with Gasteiger partial charge in [0, 0.05) is 44.6 Å². The van der Waals surface area contributed by atoms with Crippen LogP contribution in [0.15, 0.2) is 39.9 Å². The van der Waals surface area contributed by atoms with E-state index in [1.54, 1.807) is 22.9 Å². The second-order valence-electron chi connectivity index (χ2n) is 9.74. The standard InChI is InChI=1S/C26H27F2N5O3/c27-26(28)7-10-32(11-8-26)15-16-13-19-23-20(14-16)36-12-3-1-2-9-33-25(35)18-6-4-5-17(21(18)31-33)22(30-23)24(34)29-19/h4-6,13-14,31H,1-3,7-12,15H2,(H,29,34). The number of hydrogen-bond donors (Lipinski definition) is 2. The average Bonchev–Trinajstić information content (AvgIpc) is 3.17. The number of hydrogen-bond acceptors (Lipinski definition) is 5. The molecule has 4 heterocycles. The predicted octanol–water partition coefficient (Wildman–Crippen LogP) is 4.03. The maximum atomic E-state index is 13.6. The number of ether oxygens (including phenoxy) is 1. The van der Waals surface area contributed by atoms with E-state index in [-0.39, 0.29) is 29.7 Å². The number of nitrogens with zero attached hydrogens (tertiary/aromatic N) is 3. The summed E-state index contributed by atoms with van der Waals surface area (Å²) in [6.07, 6.45) is 2.18. The lowest BCUT2D eigenvalue weighted by Gasteiger charge is -2.31. The smallest absolute Gasteiger partial charge is 0.275 e. The summed E-state index contributed by atoms with van der Waals surface area (Å²) >= 11 is 0. The van der Waals surface area contributed by atoms with Crippen molar-refractivity contribution in [2.24, 2.45) is 0 Å². The molecule has 0 amide bonds. The van der Waals surface area contributed by atoms with Crippen molar-refractivity contribution in [3.63, 3.8) is 0 Å². The largest absolute Gasteiger partial charge is 0.491 e. The molecule has 0 spiro atoms. The second kappa shape index (κ2) is 8.85. The van der Waals surface area contributed by atoms with Crippen LogP contribution in [0.25, 0.3) is 33.2 Å². The van der Waals surface area contributed by atoms with Gasteiger partial charge in [0.1, 0.15) is 17.0 Å². The van der Waals surface area contributed by atoms with Crippen LogP contribution in [0.5, 0.6) is 5.75 Å². The Bertz CT molecular complexity index is 1560. The van der Waals surface area contributed by atoms with Crippen LogP contribution in [-0.2, 0) is 13.1 Å². The van der Waals surface area contributed by atoms with Gasteiger partial charge in [-0.2, -0.15) is 0 Å². The zero-order chi connectivity index (χ0) is 24.9. The normalized spacial score (nSPS) is 18.5. The van der Waals surface area contributed by atoms with E-state index in [2.05, 4.69) is 10.1 Å². The van der Waals surface area contributed by atoms with Crippen LogP contribution < -0.4 is 15.9 Å². The van der Waals surface area contributed by atoms with Crippen molar-refractivity contribution in [3.8, 4) is 17.0 Å². The van der Waals surface area contributed by atoms with Gasteiger partial charge in [0.25, 0.3) is 17.0 Å². The molecule has 4 bridgehead atoms. The van der Waals surface area contributed by atoms with Gasteiger partial charge in [-0.3, -0.25) is 24.3 Å². The predicted molar refractivity (Wildman–Crippen MR) is 133 cm³/mol. The molecule has 0 unspecified atom stereocenters. The number of halogens is 2. The quantitative estimate of drug-likeness (QED) is 0.438. The number of nitrogens with one attached hydrogen (secondary N) is 2. The molecule has 6 rings (SSSR count). The SMILES string of the molecule is O=c1[nH]c2cc(CN3CCC(F)(F)CC3)cc3c2nc1-c1cccc2c(=O)n([nH]c12)CCCCCO3. The number of aromatic amines is 2. The molecule has 2 aliphatic heterocycles. The van der Waals surface area contributed by atoms with E-state index in [0.717, 1.165) is 24.8 Å². The maximum absolute atomic E-state index is 13.6. The third kappa shape index (κ3) is 4.19. The Morgan fingerprint density at radius 1 is 1.06 bits per heavy atom.